The van der Waals surface area contributed by atoms with Gasteiger partial charge in [-0.1, -0.05) is 0 Å². The molecule has 1 rings (SSSR count). The first kappa shape index (κ1) is 9.95. The molecule has 0 radical (unpaired) electrons. The number of hydroxylamine groups is 1. The molecule has 0 aromatic carbocycles. The number of sulfone groups is 1. The molecule has 0 atom stereocenters. The summed E-state index contributed by atoms with van der Waals surface area (Å²) >= 11 is 0. The van der Waals surface area contributed by atoms with E-state index in [0.717, 1.165) is 0 Å². The smallest absolute Gasteiger partial charge is 0.150 e. The summed E-state index contributed by atoms with van der Waals surface area (Å²) in [7, 11) is -2.74. The second kappa shape index (κ2) is 4.20. The van der Waals surface area contributed by atoms with E-state index >= 15 is 0 Å². The summed E-state index contributed by atoms with van der Waals surface area (Å²) in [6, 6.07) is 0.216. The van der Waals surface area contributed by atoms with Gasteiger partial charge in [-0.15, -0.1) is 0 Å². The van der Waals surface area contributed by atoms with Crippen LogP contribution in [0.2, 0.25) is 0 Å². The van der Waals surface area contributed by atoms with Crippen molar-refractivity contribution < 1.29 is 13.3 Å². The van der Waals surface area contributed by atoms with Crippen LogP contribution in [0.3, 0.4) is 0 Å². The zero-order valence-electron chi connectivity index (χ0n) is 7.25. The monoisotopic (exact) mass is 193 g/mol. The molecule has 5 heteroatoms. The highest BCUT2D eigenvalue weighted by Crippen LogP contribution is 2.11. The number of nitrogens with one attached hydrogen (secondary N) is 1. The molecule has 1 N–H and O–H groups in total. The van der Waals surface area contributed by atoms with E-state index in [1.807, 2.05) is 6.92 Å². The topological polar surface area (TPSA) is 55.4 Å². The maximum atomic E-state index is 11.0. The van der Waals surface area contributed by atoms with Gasteiger partial charge >= 0.3 is 0 Å². The standard InChI is InChI=1S/C7H15NO3S/c1-2-11-8-7-3-5-12(9,10)6-4-7/h7-8H,2-6H2,1H3. The van der Waals surface area contributed by atoms with E-state index in [2.05, 4.69) is 5.48 Å². The van der Waals surface area contributed by atoms with E-state index in [0.29, 0.717) is 19.4 Å². The molecule has 12 heavy (non-hydrogen) atoms. The molecular formula is C7H15NO3S. The SMILES string of the molecule is CCONC1CCS(=O)(=O)CC1. The molecule has 1 saturated heterocycles. The normalized spacial score (nSPS) is 24.1. The number of hydrogen-bond acceptors (Lipinski definition) is 4. The molecule has 1 heterocycles. The van der Waals surface area contributed by atoms with Gasteiger partial charge in [0.1, 0.15) is 9.84 Å². The van der Waals surface area contributed by atoms with Gasteiger partial charge in [0, 0.05) is 6.04 Å². The highest BCUT2D eigenvalue weighted by atomic mass is 32.2. The number of hydrogen-bond donors (Lipinski definition) is 1. The third-order valence-corrected chi connectivity index (χ3v) is 3.66. The Labute approximate surface area is 73.2 Å². The van der Waals surface area contributed by atoms with Crippen LogP contribution in [0.1, 0.15) is 19.8 Å². The van der Waals surface area contributed by atoms with Crippen LogP contribution in [0.15, 0.2) is 0 Å². The highest BCUT2D eigenvalue weighted by molar-refractivity contribution is 7.91. The molecule has 0 unspecified atom stereocenters. The van der Waals surface area contributed by atoms with Gasteiger partial charge in [0.05, 0.1) is 18.1 Å². The Hall–Kier alpha value is -0.130. The number of rotatable bonds is 3. The molecule has 0 aromatic rings. The van der Waals surface area contributed by atoms with Crippen LogP contribution in [-0.4, -0.2) is 32.6 Å². The van der Waals surface area contributed by atoms with Crippen molar-refractivity contribution in [2.75, 3.05) is 18.1 Å². The summed E-state index contributed by atoms with van der Waals surface area (Å²) in [4.78, 5) is 5.00. The van der Waals surface area contributed by atoms with E-state index in [9.17, 15) is 8.42 Å². The molecule has 72 valence electrons. The van der Waals surface area contributed by atoms with Crippen LogP contribution in [0.4, 0.5) is 0 Å². The van der Waals surface area contributed by atoms with E-state index in [-0.39, 0.29) is 17.5 Å². The molecule has 0 amide bonds. The molecule has 1 fully saturated rings. The Balaban J connectivity index is 2.27. The van der Waals surface area contributed by atoms with E-state index in [1.165, 1.54) is 0 Å². The Morgan fingerprint density at radius 3 is 2.50 bits per heavy atom. The average Bonchev–Trinajstić information content (AvgIpc) is 2.03. The summed E-state index contributed by atoms with van der Waals surface area (Å²) in [5.41, 5.74) is 2.84. The van der Waals surface area contributed by atoms with Gasteiger partial charge in [-0.05, 0) is 19.8 Å². The Morgan fingerprint density at radius 1 is 1.42 bits per heavy atom. The largest absolute Gasteiger partial charge is 0.302 e. The highest BCUT2D eigenvalue weighted by Gasteiger charge is 2.23. The lowest BCUT2D eigenvalue weighted by Gasteiger charge is -2.22. The first-order valence-corrected chi connectivity index (χ1v) is 6.04. The Kier molecular flexibility index (Phi) is 3.49. The van der Waals surface area contributed by atoms with Gasteiger partial charge in [0.25, 0.3) is 0 Å². The van der Waals surface area contributed by atoms with Crippen molar-refractivity contribution in [2.45, 2.75) is 25.8 Å². The predicted octanol–water partition coefficient (Wildman–Crippen LogP) is 0.105. The van der Waals surface area contributed by atoms with Crippen LogP contribution in [0, 0.1) is 0 Å². The third kappa shape index (κ3) is 3.08. The molecule has 0 aliphatic carbocycles. The lowest BCUT2D eigenvalue weighted by Crippen LogP contribution is -2.37. The van der Waals surface area contributed by atoms with Gasteiger partial charge in [-0.25, -0.2) is 8.42 Å². The van der Waals surface area contributed by atoms with Crippen LogP contribution >= 0.6 is 0 Å². The van der Waals surface area contributed by atoms with Crippen molar-refractivity contribution in [3.8, 4) is 0 Å². The Bertz CT molecular complexity index is 211. The predicted molar refractivity (Wildman–Crippen MR) is 46.4 cm³/mol. The minimum atomic E-state index is -2.74. The van der Waals surface area contributed by atoms with Crippen molar-refractivity contribution in [2.24, 2.45) is 0 Å². The van der Waals surface area contributed by atoms with Gasteiger partial charge in [0.15, 0.2) is 0 Å². The maximum absolute atomic E-state index is 11.0. The second-order valence-electron chi connectivity index (χ2n) is 2.98. The summed E-state index contributed by atoms with van der Waals surface area (Å²) in [5.74, 6) is 0.579. The lowest BCUT2D eigenvalue weighted by atomic mass is 10.2. The van der Waals surface area contributed by atoms with Crippen LogP contribution in [0.25, 0.3) is 0 Å². The van der Waals surface area contributed by atoms with E-state index < -0.39 is 9.84 Å². The zero-order valence-corrected chi connectivity index (χ0v) is 8.06. The molecule has 0 bridgehead atoms. The maximum Gasteiger partial charge on any atom is 0.150 e. The van der Waals surface area contributed by atoms with Gasteiger partial charge in [-0.2, -0.15) is 5.48 Å². The van der Waals surface area contributed by atoms with Crippen LogP contribution in [0.5, 0.6) is 0 Å². The van der Waals surface area contributed by atoms with Crippen molar-refractivity contribution in [3.05, 3.63) is 0 Å². The molecule has 0 aromatic heterocycles. The van der Waals surface area contributed by atoms with E-state index in [1.54, 1.807) is 0 Å². The summed E-state index contributed by atoms with van der Waals surface area (Å²) in [6.07, 6.45) is 1.34. The van der Waals surface area contributed by atoms with Crippen molar-refractivity contribution in [3.63, 3.8) is 0 Å². The van der Waals surface area contributed by atoms with Gasteiger partial charge < -0.3 is 4.84 Å². The molecule has 1 aliphatic heterocycles. The summed E-state index contributed by atoms with van der Waals surface area (Å²) in [5, 5.41) is 0. The fourth-order valence-electron chi connectivity index (χ4n) is 1.21. The quantitative estimate of drug-likeness (QED) is 0.646. The van der Waals surface area contributed by atoms with Gasteiger partial charge in [-0.3, -0.25) is 0 Å². The molecule has 1 aliphatic rings. The summed E-state index contributed by atoms with van der Waals surface area (Å²) < 4.78 is 22.0. The lowest BCUT2D eigenvalue weighted by molar-refractivity contribution is 0.0222. The fraction of sp³-hybridized carbons (Fsp3) is 1.00. The fourth-order valence-corrected chi connectivity index (χ4v) is 2.70. The van der Waals surface area contributed by atoms with Crippen molar-refractivity contribution in [1.29, 1.82) is 0 Å². The third-order valence-electron chi connectivity index (χ3n) is 1.95. The molecular weight excluding hydrogens is 178 g/mol. The van der Waals surface area contributed by atoms with Crippen LogP contribution < -0.4 is 5.48 Å². The first-order chi connectivity index (χ1) is 5.64. The minimum Gasteiger partial charge on any atom is -0.302 e. The second-order valence-corrected chi connectivity index (χ2v) is 5.28. The zero-order chi connectivity index (χ0) is 9.03. The molecule has 0 spiro atoms. The van der Waals surface area contributed by atoms with Crippen molar-refractivity contribution >= 4 is 9.84 Å². The Morgan fingerprint density at radius 2 is 2.00 bits per heavy atom. The van der Waals surface area contributed by atoms with Gasteiger partial charge in [0.2, 0.25) is 0 Å². The van der Waals surface area contributed by atoms with Crippen molar-refractivity contribution in [1.82, 2.24) is 5.48 Å². The van der Waals surface area contributed by atoms with Crippen LogP contribution in [-0.2, 0) is 14.7 Å². The van der Waals surface area contributed by atoms with E-state index in [4.69, 9.17) is 4.84 Å². The summed E-state index contributed by atoms with van der Waals surface area (Å²) in [6.45, 7) is 2.51. The molecule has 0 saturated carbocycles. The molecule has 4 nitrogen and oxygen atoms in total. The first-order valence-electron chi connectivity index (χ1n) is 4.22. The minimum absolute atomic E-state index is 0.216. The average molecular weight is 193 g/mol.